The SMILES string of the molecule is O=C(NCC1(C(=O)O)CC1)c1ccc(Cl)c2cccnc12. The number of nitrogens with zero attached hydrogens (tertiary/aromatic N) is 1. The maximum atomic E-state index is 12.3. The summed E-state index contributed by atoms with van der Waals surface area (Å²) in [6.45, 7) is 0.137. The third-order valence-electron chi connectivity index (χ3n) is 3.86. The van der Waals surface area contributed by atoms with E-state index in [1.54, 1.807) is 30.5 Å². The molecule has 1 aliphatic carbocycles. The van der Waals surface area contributed by atoms with Crippen molar-refractivity contribution in [1.82, 2.24) is 10.3 Å². The third kappa shape index (κ3) is 2.45. The highest BCUT2D eigenvalue weighted by Crippen LogP contribution is 2.45. The molecule has 0 radical (unpaired) electrons. The molecular weight excluding hydrogens is 292 g/mol. The van der Waals surface area contributed by atoms with E-state index < -0.39 is 11.4 Å². The van der Waals surface area contributed by atoms with Crippen LogP contribution in [-0.4, -0.2) is 28.5 Å². The Morgan fingerprint density at radius 1 is 1.33 bits per heavy atom. The van der Waals surface area contributed by atoms with Gasteiger partial charge >= 0.3 is 5.97 Å². The Bertz CT molecular complexity index is 741. The van der Waals surface area contributed by atoms with Gasteiger partial charge in [-0.25, -0.2) is 0 Å². The van der Waals surface area contributed by atoms with Crippen LogP contribution in [0.3, 0.4) is 0 Å². The van der Waals surface area contributed by atoms with Gasteiger partial charge in [-0.15, -0.1) is 0 Å². The number of carboxylic acids is 1. The summed E-state index contributed by atoms with van der Waals surface area (Å²) in [4.78, 5) is 27.6. The molecule has 5 nitrogen and oxygen atoms in total. The number of nitrogens with one attached hydrogen (secondary N) is 1. The lowest BCUT2D eigenvalue weighted by atomic mass is 10.1. The zero-order chi connectivity index (χ0) is 15.0. The van der Waals surface area contributed by atoms with E-state index in [1.165, 1.54) is 0 Å². The summed E-state index contributed by atoms with van der Waals surface area (Å²) in [6.07, 6.45) is 2.79. The van der Waals surface area contributed by atoms with E-state index in [0.717, 1.165) is 0 Å². The first-order valence-electron chi connectivity index (χ1n) is 6.58. The number of halogens is 1. The van der Waals surface area contributed by atoms with Crippen molar-refractivity contribution in [3.8, 4) is 0 Å². The number of benzene rings is 1. The average Bonchev–Trinajstić information content (AvgIpc) is 3.27. The molecule has 1 aliphatic rings. The second kappa shape index (κ2) is 5.00. The summed E-state index contributed by atoms with van der Waals surface area (Å²) in [5.74, 6) is -1.19. The summed E-state index contributed by atoms with van der Waals surface area (Å²) in [5.41, 5.74) is 0.129. The molecule has 0 saturated heterocycles. The minimum atomic E-state index is -0.859. The van der Waals surface area contributed by atoms with Gasteiger partial charge in [-0.05, 0) is 37.1 Å². The predicted octanol–water partition coefficient (Wildman–Crippen LogP) is 2.48. The van der Waals surface area contributed by atoms with Crippen molar-refractivity contribution in [1.29, 1.82) is 0 Å². The molecule has 0 aliphatic heterocycles. The maximum Gasteiger partial charge on any atom is 0.311 e. The first kappa shape index (κ1) is 13.8. The second-order valence-corrected chi connectivity index (χ2v) is 5.67. The van der Waals surface area contributed by atoms with Crippen LogP contribution in [0.25, 0.3) is 10.9 Å². The van der Waals surface area contributed by atoms with Crippen molar-refractivity contribution in [2.75, 3.05) is 6.54 Å². The summed E-state index contributed by atoms with van der Waals surface area (Å²) in [5, 5.41) is 13.0. The van der Waals surface area contributed by atoms with Crippen molar-refractivity contribution < 1.29 is 14.7 Å². The zero-order valence-corrected chi connectivity index (χ0v) is 11.9. The van der Waals surface area contributed by atoms with Gasteiger partial charge in [0.1, 0.15) is 0 Å². The van der Waals surface area contributed by atoms with Crippen molar-refractivity contribution in [2.45, 2.75) is 12.8 Å². The Balaban J connectivity index is 1.86. The van der Waals surface area contributed by atoms with Gasteiger partial charge in [0, 0.05) is 18.1 Å². The van der Waals surface area contributed by atoms with E-state index in [9.17, 15) is 9.59 Å². The molecule has 1 saturated carbocycles. The summed E-state index contributed by atoms with van der Waals surface area (Å²) in [6, 6.07) is 6.79. The number of hydrogen-bond donors (Lipinski definition) is 2. The van der Waals surface area contributed by atoms with Gasteiger partial charge in [0.2, 0.25) is 0 Å². The largest absolute Gasteiger partial charge is 0.481 e. The van der Waals surface area contributed by atoms with Crippen molar-refractivity contribution in [2.24, 2.45) is 5.41 Å². The number of pyridine rings is 1. The fraction of sp³-hybridized carbons (Fsp3) is 0.267. The molecule has 3 rings (SSSR count). The molecule has 1 amide bonds. The van der Waals surface area contributed by atoms with Crippen LogP contribution in [0, 0.1) is 5.41 Å². The van der Waals surface area contributed by atoms with Crippen LogP contribution in [0.1, 0.15) is 23.2 Å². The standard InChI is InChI=1S/C15H13ClN2O3/c16-11-4-3-10(12-9(11)2-1-7-17-12)13(19)18-8-15(5-6-15)14(20)21/h1-4,7H,5-6,8H2,(H,18,19)(H,20,21). The molecule has 0 spiro atoms. The number of rotatable bonds is 4. The number of amides is 1. The van der Waals surface area contributed by atoms with Crippen LogP contribution >= 0.6 is 11.6 Å². The molecule has 0 bridgehead atoms. The topological polar surface area (TPSA) is 79.3 Å². The molecule has 2 aromatic rings. The Hall–Kier alpha value is -2.14. The molecule has 1 fully saturated rings. The molecule has 1 aromatic carbocycles. The number of carboxylic acid groups (broad SMARTS) is 1. The van der Waals surface area contributed by atoms with Gasteiger partial charge in [-0.1, -0.05) is 11.6 Å². The van der Waals surface area contributed by atoms with Gasteiger partial charge in [0.15, 0.2) is 0 Å². The number of carbonyl (C=O) groups is 2. The molecule has 1 aromatic heterocycles. The zero-order valence-electron chi connectivity index (χ0n) is 11.1. The Kier molecular flexibility index (Phi) is 3.29. The summed E-state index contributed by atoms with van der Waals surface area (Å²) in [7, 11) is 0. The molecule has 1 heterocycles. The van der Waals surface area contributed by atoms with Gasteiger partial charge in [-0.2, -0.15) is 0 Å². The maximum absolute atomic E-state index is 12.3. The average molecular weight is 305 g/mol. The van der Waals surface area contributed by atoms with Crippen LogP contribution in [-0.2, 0) is 4.79 Å². The fourth-order valence-electron chi connectivity index (χ4n) is 2.28. The number of hydrogen-bond acceptors (Lipinski definition) is 3. The van der Waals surface area contributed by atoms with Crippen LogP contribution in [0.5, 0.6) is 0 Å². The lowest BCUT2D eigenvalue weighted by Gasteiger charge is -2.12. The third-order valence-corrected chi connectivity index (χ3v) is 4.19. The molecule has 108 valence electrons. The van der Waals surface area contributed by atoms with Crippen molar-refractivity contribution >= 4 is 34.4 Å². The van der Waals surface area contributed by atoms with Crippen LogP contribution < -0.4 is 5.32 Å². The van der Waals surface area contributed by atoms with Gasteiger partial charge in [0.25, 0.3) is 5.91 Å². The van der Waals surface area contributed by atoms with E-state index in [-0.39, 0.29) is 12.5 Å². The molecule has 0 unspecified atom stereocenters. The normalized spacial score (nSPS) is 15.7. The number of carbonyl (C=O) groups excluding carboxylic acids is 1. The molecule has 6 heteroatoms. The first-order chi connectivity index (χ1) is 10.0. The van der Waals surface area contributed by atoms with Crippen molar-refractivity contribution in [3.05, 3.63) is 41.0 Å². The van der Waals surface area contributed by atoms with Crippen LogP contribution in [0.4, 0.5) is 0 Å². The van der Waals surface area contributed by atoms with Gasteiger partial charge in [-0.3, -0.25) is 14.6 Å². The monoisotopic (exact) mass is 304 g/mol. The Morgan fingerprint density at radius 3 is 2.76 bits per heavy atom. The predicted molar refractivity (Wildman–Crippen MR) is 78.4 cm³/mol. The van der Waals surface area contributed by atoms with Gasteiger partial charge in [0.05, 0.1) is 21.5 Å². The molecule has 0 atom stereocenters. The quantitative estimate of drug-likeness (QED) is 0.909. The smallest absolute Gasteiger partial charge is 0.311 e. The molecular formula is C15H13ClN2O3. The number of fused-ring (bicyclic) bond motifs is 1. The van der Waals surface area contributed by atoms with E-state index in [4.69, 9.17) is 16.7 Å². The highest BCUT2D eigenvalue weighted by molar-refractivity contribution is 6.36. The Morgan fingerprint density at radius 2 is 2.10 bits per heavy atom. The highest BCUT2D eigenvalue weighted by Gasteiger charge is 2.50. The first-order valence-corrected chi connectivity index (χ1v) is 6.96. The van der Waals surface area contributed by atoms with Gasteiger partial charge < -0.3 is 10.4 Å². The second-order valence-electron chi connectivity index (χ2n) is 5.26. The number of aliphatic carboxylic acids is 1. The molecule has 2 N–H and O–H groups in total. The summed E-state index contributed by atoms with van der Waals surface area (Å²) < 4.78 is 0. The van der Waals surface area contributed by atoms with Crippen LogP contribution in [0.15, 0.2) is 30.5 Å². The Labute approximate surface area is 125 Å². The minimum absolute atomic E-state index is 0.137. The molecule has 21 heavy (non-hydrogen) atoms. The summed E-state index contributed by atoms with van der Waals surface area (Å²) >= 11 is 6.09. The highest BCUT2D eigenvalue weighted by atomic mass is 35.5. The van der Waals surface area contributed by atoms with Crippen molar-refractivity contribution in [3.63, 3.8) is 0 Å². The van der Waals surface area contributed by atoms with E-state index in [2.05, 4.69) is 10.3 Å². The lowest BCUT2D eigenvalue weighted by molar-refractivity contribution is -0.143. The van der Waals surface area contributed by atoms with E-state index in [0.29, 0.717) is 34.3 Å². The number of aromatic nitrogens is 1. The van der Waals surface area contributed by atoms with Crippen LogP contribution in [0.2, 0.25) is 5.02 Å². The van der Waals surface area contributed by atoms with E-state index in [1.807, 2.05) is 0 Å². The fourth-order valence-corrected chi connectivity index (χ4v) is 2.50. The lowest BCUT2D eigenvalue weighted by Crippen LogP contribution is -2.34. The van der Waals surface area contributed by atoms with E-state index >= 15 is 0 Å². The minimum Gasteiger partial charge on any atom is -0.481 e.